The van der Waals surface area contributed by atoms with E-state index in [1.165, 1.54) is 11.3 Å². The van der Waals surface area contributed by atoms with Crippen LogP contribution in [0.2, 0.25) is 0 Å². The zero-order valence-electron chi connectivity index (χ0n) is 11.6. The predicted molar refractivity (Wildman–Crippen MR) is 85.0 cm³/mol. The molecule has 1 N–H and O–H groups in total. The van der Waals surface area contributed by atoms with Gasteiger partial charge in [-0.15, -0.1) is 11.3 Å². The van der Waals surface area contributed by atoms with Gasteiger partial charge >= 0.3 is 0 Å². The molecule has 0 saturated heterocycles. The minimum atomic E-state index is 0.832. The second kappa shape index (κ2) is 5.51. The summed E-state index contributed by atoms with van der Waals surface area (Å²) in [5.74, 6) is 0. The molecule has 0 unspecified atom stereocenters. The Balaban J connectivity index is 1.69. The first-order chi connectivity index (χ1) is 9.72. The fraction of sp³-hybridized carbons (Fsp3) is 0.188. The molecule has 4 heteroatoms. The summed E-state index contributed by atoms with van der Waals surface area (Å²) in [5.41, 5.74) is 4.62. The first-order valence-corrected chi connectivity index (χ1v) is 7.47. The third kappa shape index (κ3) is 2.75. The monoisotopic (exact) mass is 283 g/mol. The summed E-state index contributed by atoms with van der Waals surface area (Å²) >= 11 is 1.68. The van der Waals surface area contributed by atoms with Gasteiger partial charge in [0.1, 0.15) is 0 Å². The van der Waals surface area contributed by atoms with Crippen molar-refractivity contribution in [3.63, 3.8) is 0 Å². The normalized spacial score (nSPS) is 10.7. The highest BCUT2D eigenvalue weighted by Gasteiger charge is 2.02. The molecule has 0 aliphatic heterocycles. The number of nitrogens with one attached hydrogen (secondary N) is 1. The lowest BCUT2D eigenvalue weighted by Crippen LogP contribution is -2.03. The number of hydrogen-bond acceptors (Lipinski definition) is 3. The van der Waals surface area contributed by atoms with Crippen LogP contribution in [-0.4, -0.2) is 9.55 Å². The molecule has 0 spiro atoms. The van der Waals surface area contributed by atoms with Gasteiger partial charge in [-0.25, -0.2) is 4.98 Å². The van der Waals surface area contributed by atoms with E-state index in [0.29, 0.717) is 0 Å². The zero-order valence-corrected chi connectivity index (χ0v) is 12.4. The quantitative estimate of drug-likeness (QED) is 0.782. The van der Waals surface area contributed by atoms with Gasteiger partial charge in [0.25, 0.3) is 0 Å². The number of hydrogen-bond donors (Lipinski definition) is 1. The number of aromatic nitrogens is 2. The van der Waals surface area contributed by atoms with Gasteiger partial charge in [-0.1, -0.05) is 12.1 Å². The number of nitrogens with zero attached hydrogens (tertiary/aromatic N) is 2. The molecule has 3 aromatic rings. The number of aryl methyl sites for hydroxylation is 2. The molecule has 0 aliphatic carbocycles. The summed E-state index contributed by atoms with van der Waals surface area (Å²) in [6.45, 7) is 2.86. The maximum atomic E-state index is 4.50. The average Bonchev–Trinajstić information content (AvgIpc) is 3.06. The van der Waals surface area contributed by atoms with Crippen molar-refractivity contribution in [2.45, 2.75) is 13.5 Å². The Bertz CT molecular complexity index is 695. The maximum Gasteiger partial charge on any atom is 0.0901 e. The summed E-state index contributed by atoms with van der Waals surface area (Å²) in [6, 6.07) is 12.6. The van der Waals surface area contributed by atoms with Gasteiger partial charge in [0.2, 0.25) is 0 Å². The zero-order chi connectivity index (χ0) is 13.9. The molecule has 0 aliphatic rings. The van der Waals surface area contributed by atoms with Crippen molar-refractivity contribution < 1.29 is 0 Å². The van der Waals surface area contributed by atoms with E-state index in [2.05, 4.69) is 69.9 Å². The third-order valence-corrected chi connectivity index (χ3v) is 4.10. The Morgan fingerprint density at radius 2 is 2.00 bits per heavy atom. The second-order valence-electron chi connectivity index (χ2n) is 4.79. The van der Waals surface area contributed by atoms with Crippen LogP contribution < -0.4 is 5.32 Å². The first-order valence-electron chi connectivity index (χ1n) is 6.59. The van der Waals surface area contributed by atoms with E-state index < -0.39 is 0 Å². The number of rotatable bonds is 4. The molecule has 3 nitrogen and oxygen atoms in total. The average molecular weight is 283 g/mol. The van der Waals surface area contributed by atoms with Gasteiger partial charge < -0.3 is 9.88 Å². The molecule has 1 aromatic carbocycles. The SMILES string of the molecule is Cc1nc(-c2ccc(NCc3cccn3C)cc2)cs1. The first kappa shape index (κ1) is 12.9. The lowest BCUT2D eigenvalue weighted by Gasteiger charge is -2.08. The van der Waals surface area contributed by atoms with E-state index >= 15 is 0 Å². The minimum Gasteiger partial charge on any atom is -0.379 e. The van der Waals surface area contributed by atoms with Crippen molar-refractivity contribution in [3.8, 4) is 11.3 Å². The van der Waals surface area contributed by atoms with E-state index in [-0.39, 0.29) is 0 Å². The Morgan fingerprint density at radius 3 is 2.60 bits per heavy atom. The van der Waals surface area contributed by atoms with Crippen molar-refractivity contribution in [1.82, 2.24) is 9.55 Å². The summed E-state index contributed by atoms with van der Waals surface area (Å²) < 4.78 is 2.12. The van der Waals surface area contributed by atoms with Crippen LogP contribution in [0.15, 0.2) is 48.0 Å². The molecule has 2 aromatic heterocycles. The highest BCUT2D eigenvalue weighted by molar-refractivity contribution is 7.09. The molecule has 0 bridgehead atoms. The van der Waals surface area contributed by atoms with Gasteiger partial charge in [-0.05, 0) is 31.2 Å². The molecule has 0 amide bonds. The van der Waals surface area contributed by atoms with Crippen LogP contribution in [-0.2, 0) is 13.6 Å². The van der Waals surface area contributed by atoms with Crippen molar-refractivity contribution in [3.05, 3.63) is 58.7 Å². The van der Waals surface area contributed by atoms with Crippen LogP contribution >= 0.6 is 11.3 Å². The highest BCUT2D eigenvalue weighted by Crippen LogP contribution is 2.23. The highest BCUT2D eigenvalue weighted by atomic mass is 32.1. The molecule has 102 valence electrons. The van der Waals surface area contributed by atoms with Crippen molar-refractivity contribution in [2.75, 3.05) is 5.32 Å². The van der Waals surface area contributed by atoms with E-state index in [1.54, 1.807) is 11.3 Å². The second-order valence-corrected chi connectivity index (χ2v) is 5.86. The lowest BCUT2D eigenvalue weighted by atomic mass is 10.1. The van der Waals surface area contributed by atoms with Gasteiger partial charge in [-0.3, -0.25) is 0 Å². The topological polar surface area (TPSA) is 29.9 Å². The van der Waals surface area contributed by atoms with Gasteiger partial charge in [0, 0.05) is 35.6 Å². The van der Waals surface area contributed by atoms with E-state index in [4.69, 9.17) is 0 Å². The Kier molecular flexibility index (Phi) is 3.56. The van der Waals surface area contributed by atoms with Crippen LogP contribution in [0, 0.1) is 6.92 Å². The standard InChI is InChI=1S/C16H17N3S/c1-12-18-16(11-20-12)13-5-7-14(8-6-13)17-10-15-4-3-9-19(15)2/h3-9,11,17H,10H2,1-2H3. The van der Waals surface area contributed by atoms with Crippen LogP contribution in [0.4, 0.5) is 5.69 Å². The van der Waals surface area contributed by atoms with Crippen molar-refractivity contribution in [2.24, 2.45) is 7.05 Å². The van der Waals surface area contributed by atoms with E-state index in [9.17, 15) is 0 Å². The predicted octanol–water partition coefficient (Wildman–Crippen LogP) is 4.07. The summed E-state index contributed by atoms with van der Waals surface area (Å²) in [7, 11) is 2.06. The lowest BCUT2D eigenvalue weighted by molar-refractivity contribution is 0.842. The number of anilines is 1. The number of benzene rings is 1. The van der Waals surface area contributed by atoms with Gasteiger partial charge in [-0.2, -0.15) is 0 Å². The maximum absolute atomic E-state index is 4.50. The Morgan fingerprint density at radius 1 is 1.20 bits per heavy atom. The largest absolute Gasteiger partial charge is 0.379 e. The minimum absolute atomic E-state index is 0.832. The molecule has 0 atom stereocenters. The molecule has 2 heterocycles. The Labute approximate surface area is 122 Å². The fourth-order valence-corrected chi connectivity index (χ4v) is 2.75. The van der Waals surface area contributed by atoms with Crippen molar-refractivity contribution in [1.29, 1.82) is 0 Å². The van der Waals surface area contributed by atoms with Crippen LogP contribution in [0.5, 0.6) is 0 Å². The molecule has 0 radical (unpaired) electrons. The summed E-state index contributed by atoms with van der Waals surface area (Å²) in [5, 5.41) is 6.63. The summed E-state index contributed by atoms with van der Waals surface area (Å²) in [4.78, 5) is 4.50. The van der Waals surface area contributed by atoms with E-state index in [0.717, 1.165) is 22.9 Å². The molecular weight excluding hydrogens is 266 g/mol. The third-order valence-electron chi connectivity index (χ3n) is 3.32. The van der Waals surface area contributed by atoms with E-state index in [1.807, 2.05) is 6.92 Å². The molecule has 3 rings (SSSR count). The van der Waals surface area contributed by atoms with Crippen LogP contribution in [0.1, 0.15) is 10.7 Å². The fourth-order valence-electron chi connectivity index (χ4n) is 2.13. The molecule has 20 heavy (non-hydrogen) atoms. The Hall–Kier alpha value is -2.07. The number of thiazole rings is 1. The summed E-state index contributed by atoms with van der Waals surface area (Å²) in [6.07, 6.45) is 2.06. The molecule has 0 saturated carbocycles. The smallest absolute Gasteiger partial charge is 0.0901 e. The van der Waals surface area contributed by atoms with Gasteiger partial charge in [0.15, 0.2) is 0 Å². The van der Waals surface area contributed by atoms with Crippen LogP contribution in [0.25, 0.3) is 11.3 Å². The molecule has 0 fully saturated rings. The van der Waals surface area contributed by atoms with Gasteiger partial charge in [0.05, 0.1) is 17.2 Å². The van der Waals surface area contributed by atoms with Crippen LogP contribution in [0.3, 0.4) is 0 Å². The van der Waals surface area contributed by atoms with Crippen molar-refractivity contribution >= 4 is 17.0 Å². The molecular formula is C16H17N3S.